The minimum absolute atomic E-state index is 0.130. The monoisotopic (exact) mass is 343 g/mol. The standard InChI is InChI=1S/C15H15Cl2NO2S/c1-9-4-5-21-13(9)8-18(2)15(19)10-6-11(16)14(20-3)12(17)7-10/h4-7H,8H2,1-3H3. The number of nitrogens with zero attached hydrogens (tertiary/aromatic N) is 1. The highest BCUT2D eigenvalue weighted by molar-refractivity contribution is 7.10. The number of thiophene rings is 1. The van der Waals surface area contributed by atoms with Gasteiger partial charge in [0.15, 0.2) is 5.75 Å². The number of ether oxygens (including phenoxy) is 1. The molecule has 0 atom stereocenters. The molecular weight excluding hydrogens is 329 g/mol. The van der Waals surface area contributed by atoms with Crippen LogP contribution < -0.4 is 4.74 Å². The molecule has 2 aromatic rings. The number of carbonyl (C=O) groups excluding carboxylic acids is 1. The van der Waals surface area contributed by atoms with Crippen molar-refractivity contribution in [3.8, 4) is 5.75 Å². The number of halogens is 2. The zero-order chi connectivity index (χ0) is 15.6. The van der Waals surface area contributed by atoms with E-state index in [2.05, 4.69) is 0 Å². The van der Waals surface area contributed by atoms with Crippen LogP contribution in [-0.2, 0) is 6.54 Å². The first-order chi connectivity index (χ1) is 9.93. The second kappa shape index (κ2) is 6.69. The average molecular weight is 344 g/mol. The molecule has 0 spiro atoms. The summed E-state index contributed by atoms with van der Waals surface area (Å²) in [4.78, 5) is 15.3. The van der Waals surface area contributed by atoms with E-state index in [1.54, 1.807) is 35.4 Å². The Hall–Kier alpha value is -1.23. The fraction of sp³-hybridized carbons (Fsp3) is 0.267. The van der Waals surface area contributed by atoms with Gasteiger partial charge in [-0.25, -0.2) is 0 Å². The van der Waals surface area contributed by atoms with Crippen LogP contribution in [0, 0.1) is 6.92 Å². The van der Waals surface area contributed by atoms with E-state index in [4.69, 9.17) is 27.9 Å². The highest BCUT2D eigenvalue weighted by atomic mass is 35.5. The largest absolute Gasteiger partial charge is 0.494 e. The Bertz CT molecular complexity index is 646. The van der Waals surface area contributed by atoms with Crippen molar-refractivity contribution in [1.82, 2.24) is 4.90 Å². The zero-order valence-electron chi connectivity index (χ0n) is 11.9. The first-order valence-corrected chi connectivity index (χ1v) is 7.89. The number of benzene rings is 1. The number of carbonyl (C=O) groups is 1. The lowest BCUT2D eigenvalue weighted by atomic mass is 10.2. The number of hydrogen-bond acceptors (Lipinski definition) is 3. The summed E-state index contributed by atoms with van der Waals surface area (Å²) in [5.41, 5.74) is 1.63. The van der Waals surface area contributed by atoms with Crippen LogP contribution in [0.25, 0.3) is 0 Å². The van der Waals surface area contributed by atoms with Crippen molar-refractivity contribution in [1.29, 1.82) is 0 Å². The van der Waals surface area contributed by atoms with E-state index in [0.717, 1.165) is 4.88 Å². The molecular formula is C15H15Cl2NO2S. The molecule has 0 radical (unpaired) electrons. The molecule has 0 saturated carbocycles. The summed E-state index contributed by atoms with van der Waals surface area (Å²) in [5, 5.41) is 2.67. The Morgan fingerprint density at radius 3 is 2.43 bits per heavy atom. The number of methoxy groups -OCH3 is 1. The van der Waals surface area contributed by atoms with Gasteiger partial charge in [0, 0.05) is 17.5 Å². The van der Waals surface area contributed by atoms with Gasteiger partial charge in [0.2, 0.25) is 0 Å². The summed E-state index contributed by atoms with van der Waals surface area (Å²) in [6.45, 7) is 2.59. The lowest BCUT2D eigenvalue weighted by Gasteiger charge is -2.18. The summed E-state index contributed by atoms with van der Waals surface area (Å²) < 4.78 is 5.08. The Morgan fingerprint density at radius 2 is 1.95 bits per heavy atom. The Kier molecular flexibility index (Phi) is 5.14. The number of amides is 1. The van der Waals surface area contributed by atoms with Gasteiger partial charge in [-0.15, -0.1) is 11.3 Å². The topological polar surface area (TPSA) is 29.5 Å². The van der Waals surface area contributed by atoms with E-state index < -0.39 is 0 Å². The fourth-order valence-electron chi connectivity index (χ4n) is 1.95. The highest BCUT2D eigenvalue weighted by Crippen LogP contribution is 2.34. The van der Waals surface area contributed by atoms with Gasteiger partial charge in [-0.05, 0) is 36.1 Å². The summed E-state index contributed by atoms with van der Waals surface area (Å²) >= 11 is 13.8. The Balaban J connectivity index is 2.22. The van der Waals surface area contributed by atoms with Crippen molar-refractivity contribution >= 4 is 40.4 Å². The van der Waals surface area contributed by atoms with Crippen molar-refractivity contribution < 1.29 is 9.53 Å². The Labute approximate surface area is 138 Å². The maximum atomic E-state index is 12.5. The van der Waals surface area contributed by atoms with E-state index >= 15 is 0 Å². The summed E-state index contributed by atoms with van der Waals surface area (Å²) in [7, 11) is 3.24. The molecule has 1 heterocycles. The van der Waals surface area contributed by atoms with Gasteiger partial charge >= 0.3 is 0 Å². The normalized spacial score (nSPS) is 10.5. The van der Waals surface area contributed by atoms with Crippen LogP contribution in [0.1, 0.15) is 20.8 Å². The van der Waals surface area contributed by atoms with E-state index in [0.29, 0.717) is 27.9 Å². The van der Waals surface area contributed by atoms with Crippen LogP contribution in [0.4, 0.5) is 0 Å². The molecule has 0 aliphatic heterocycles. The molecule has 0 fully saturated rings. The second-order valence-electron chi connectivity index (χ2n) is 4.66. The van der Waals surface area contributed by atoms with Gasteiger partial charge in [-0.2, -0.15) is 0 Å². The van der Waals surface area contributed by atoms with Crippen molar-refractivity contribution in [3.63, 3.8) is 0 Å². The molecule has 0 unspecified atom stereocenters. The predicted molar refractivity (Wildman–Crippen MR) is 87.9 cm³/mol. The molecule has 0 aliphatic carbocycles. The van der Waals surface area contributed by atoms with Crippen LogP contribution in [-0.4, -0.2) is 25.0 Å². The molecule has 6 heteroatoms. The molecule has 112 valence electrons. The third-order valence-electron chi connectivity index (χ3n) is 3.14. The third kappa shape index (κ3) is 3.51. The maximum Gasteiger partial charge on any atom is 0.254 e. The molecule has 0 bridgehead atoms. The van der Waals surface area contributed by atoms with Gasteiger partial charge in [0.05, 0.1) is 23.7 Å². The van der Waals surface area contributed by atoms with Gasteiger partial charge < -0.3 is 9.64 Å². The van der Waals surface area contributed by atoms with E-state index in [1.165, 1.54) is 12.7 Å². The average Bonchev–Trinajstić information content (AvgIpc) is 2.83. The molecule has 21 heavy (non-hydrogen) atoms. The SMILES string of the molecule is COc1c(Cl)cc(C(=O)N(C)Cc2sccc2C)cc1Cl. The van der Waals surface area contributed by atoms with E-state index in [9.17, 15) is 4.79 Å². The fourth-order valence-corrected chi connectivity index (χ4v) is 3.55. The molecule has 3 nitrogen and oxygen atoms in total. The smallest absolute Gasteiger partial charge is 0.254 e. The zero-order valence-corrected chi connectivity index (χ0v) is 14.3. The summed E-state index contributed by atoms with van der Waals surface area (Å²) in [5.74, 6) is 0.251. The second-order valence-corrected chi connectivity index (χ2v) is 6.48. The first-order valence-electron chi connectivity index (χ1n) is 6.25. The first kappa shape index (κ1) is 16.1. The lowest BCUT2D eigenvalue weighted by molar-refractivity contribution is 0.0786. The molecule has 1 aromatic heterocycles. The minimum atomic E-state index is -0.130. The molecule has 1 amide bonds. The van der Waals surface area contributed by atoms with Gasteiger partial charge in [-0.3, -0.25) is 4.79 Å². The third-order valence-corrected chi connectivity index (χ3v) is 4.71. The lowest BCUT2D eigenvalue weighted by Crippen LogP contribution is -2.26. The molecule has 0 aliphatic rings. The molecule has 1 aromatic carbocycles. The highest BCUT2D eigenvalue weighted by Gasteiger charge is 2.17. The van der Waals surface area contributed by atoms with Crippen molar-refractivity contribution in [2.75, 3.05) is 14.2 Å². The van der Waals surface area contributed by atoms with Crippen LogP contribution in [0.2, 0.25) is 10.0 Å². The predicted octanol–water partition coefficient (Wildman–Crippen LogP) is 4.64. The maximum absolute atomic E-state index is 12.5. The van der Waals surface area contributed by atoms with E-state index in [-0.39, 0.29) is 5.91 Å². The quantitative estimate of drug-likeness (QED) is 0.808. The van der Waals surface area contributed by atoms with Crippen molar-refractivity contribution in [3.05, 3.63) is 49.6 Å². The van der Waals surface area contributed by atoms with Crippen LogP contribution in [0.3, 0.4) is 0 Å². The molecule has 0 saturated heterocycles. The van der Waals surface area contributed by atoms with Gasteiger partial charge in [0.1, 0.15) is 0 Å². The van der Waals surface area contributed by atoms with Crippen LogP contribution in [0.15, 0.2) is 23.6 Å². The van der Waals surface area contributed by atoms with Crippen molar-refractivity contribution in [2.24, 2.45) is 0 Å². The van der Waals surface area contributed by atoms with Crippen LogP contribution in [0.5, 0.6) is 5.75 Å². The molecule has 0 N–H and O–H groups in total. The Morgan fingerprint density at radius 1 is 1.33 bits per heavy atom. The summed E-state index contributed by atoms with van der Waals surface area (Å²) in [6.07, 6.45) is 0. The number of hydrogen-bond donors (Lipinski definition) is 0. The van der Waals surface area contributed by atoms with Crippen LogP contribution >= 0.6 is 34.5 Å². The summed E-state index contributed by atoms with van der Waals surface area (Å²) in [6, 6.07) is 5.19. The molecule has 2 rings (SSSR count). The van der Waals surface area contributed by atoms with E-state index in [1.807, 2.05) is 18.4 Å². The number of rotatable bonds is 4. The minimum Gasteiger partial charge on any atom is -0.494 e. The van der Waals surface area contributed by atoms with Gasteiger partial charge in [-0.1, -0.05) is 23.2 Å². The van der Waals surface area contributed by atoms with Crippen molar-refractivity contribution in [2.45, 2.75) is 13.5 Å². The van der Waals surface area contributed by atoms with Gasteiger partial charge in [0.25, 0.3) is 5.91 Å². The number of aryl methyl sites for hydroxylation is 1.